The Morgan fingerprint density at radius 1 is 1.29 bits per heavy atom. The molecule has 0 aromatic heterocycles. The number of amides is 1. The second kappa shape index (κ2) is 8.98. The Balaban J connectivity index is 4.22. The van der Waals surface area contributed by atoms with Gasteiger partial charge in [-0.2, -0.15) is 0 Å². The van der Waals surface area contributed by atoms with Gasteiger partial charge in [0.1, 0.15) is 12.6 Å². The van der Waals surface area contributed by atoms with Crippen LogP contribution >= 0.6 is 0 Å². The molecule has 5 nitrogen and oxygen atoms in total. The SMILES string of the molecule is CCCCO[C@H](C)C(=O)N(CCC)CC(=O)O. The van der Waals surface area contributed by atoms with Crippen LogP contribution in [0.5, 0.6) is 0 Å². The van der Waals surface area contributed by atoms with Crippen molar-refractivity contribution in [2.75, 3.05) is 19.7 Å². The van der Waals surface area contributed by atoms with E-state index in [9.17, 15) is 9.59 Å². The van der Waals surface area contributed by atoms with Crippen molar-refractivity contribution in [2.24, 2.45) is 0 Å². The van der Waals surface area contributed by atoms with Crippen LogP contribution < -0.4 is 0 Å². The van der Waals surface area contributed by atoms with Crippen molar-refractivity contribution in [1.29, 1.82) is 0 Å². The van der Waals surface area contributed by atoms with Crippen LogP contribution in [0, 0.1) is 0 Å². The van der Waals surface area contributed by atoms with E-state index in [2.05, 4.69) is 0 Å². The molecular formula is C12H23NO4. The van der Waals surface area contributed by atoms with Crippen LogP contribution in [-0.2, 0) is 14.3 Å². The van der Waals surface area contributed by atoms with Crippen LogP contribution in [0.2, 0.25) is 0 Å². The third kappa shape index (κ3) is 6.94. The largest absolute Gasteiger partial charge is 0.480 e. The number of nitrogens with zero attached hydrogens (tertiary/aromatic N) is 1. The van der Waals surface area contributed by atoms with Crippen LogP contribution in [0.1, 0.15) is 40.0 Å². The highest BCUT2D eigenvalue weighted by molar-refractivity contribution is 5.84. The molecule has 0 heterocycles. The maximum atomic E-state index is 11.9. The molecule has 5 heteroatoms. The van der Waals surface area contributed by atoms with E-state index in [4.69, 9.17) is 9.84 Å². The summed E-state index contributed by atoms with van der Waals surface area (Å²) >= 11 is 0. The number of carbonyl (C=O) groups excluding carboxylic acids is 1. The van der Waals surface area contributed by atoms with Gasteiger partial charge in [0, 0.05) is 13.2 Å². The molecule has 1 amide bonds. The van der Waals surface area contributed by atoms with E-state index in [1.54, 1.807) is 6.92 Å². The van der Waals surface area contributed by atoms with E-state index in [0.717, 1.165) is 19.3 Å². The fourth-order valence-electron chi connectivity index (χ4n) is 1.43. The fourth-order valence-corrected chi connectivity index (χ4v) is 1.43. The maximum absolute atomic E-state index is 11.9. The summed E-state index contributed by atoms with van der Waals surface area (Å²) in [5.74, 6) is -1.24. The average Bonchev–Trinajstić information content (AvgIpc) is 2.27. The molecule has 1 atom stereocenters. The summed E-state index contributed by atoms with van der Waals surface area (Å²) in [6.45, 7) is 6.36. The number of hydrogen-bond donors (Lipinski definition) is 1. The Hall–Kier alpha value is -1.10. The number of carboxylic acids is 1. The molecule has 0 spiro atoms. The zero-order chi connectivity index (χ0) is 13.3. The van der Waals surface area contributed by atoms with Crippen molar-refractivity contribution in [3.63, 3.8) is 0 Å². The molecular weight excluding hydrogens is 222 g/mol. The molecule has 17 heavy (non-hydrogen) atoms. The number of ether oxygens (including phenoxy) is 1. The number of carbonyl (C=O) groups is 2. The lowest BCUT2D eigenvalue weighted by Gasteiger charge is -2.23. The van der Waals surface area contributed by atoms with Crippen molar-refractivity contribution in [2.45, 2.75) is 46.1 Å². The van der Waals surface area contributed by atoms with Crippen LogP contribution in [0.25, 0.3) is 0 Å². The first-order chi connectivity index (χ1) is 8.02. The highest BCUT2D eigenvalue weighted by atomic mass is 16.5. The van der Waals surface area contributed by atoms with E-state index in [0.29, 0.717) is 13.2 Å². The highest BCUT2D eigenvalue weighted by Crippen LogP contribution is 2.02. The molecule has 0 aliphatic heterocycles. The molecule has 0 aromatic carbocycles. The van der Waals surface area contributed by atoms with Gasteiger partial charge < -0.3 is 14.7 Å². The lowest BCUT2D eigenvalue weighted by molar-refractivity contribution is -0.150. The minimum Gasteiger partial charge on any atom is -0.480 e. The molecule has 0 saturated heterocycles. The van der Waals surface area contributed by atoms with Gasteiger partial charge >= 0.3 is 5.97 Å². The Kier molecular flexibility index (Phi) is 8.40. The molecule has 0 rings (SSSR count). The molecule has 0 aliphatic carbocycles. The fraction of sp³-hybridized carbons (Fsp3) is 0.833. The summed E-state index contributed by atoms with van der Waals surface area (Å²) in [6, 6.07) is 0. The first-order valence-electron chi connectivity index (χ1n) is 6.15. The molecule has 0 saturated carbocycles. The van der Waals surface area contributed by atoms with Crippen LogP contribution in [0.15, 0.2) is 0 Å². The van der Waals surface area contributed by atoms with E-state index in [1.165, 1.54) is 4.90 Å². The van der Waals surface area contributed by atoms with Crippen LogP contribution in [0.4, 0.5) is 0 Å². The van der Waals surface area contributed by atoms with Crippen molar-refractivity contribution in [3.05, 3.63) is 0 Å². The summed E-state index contributed by atoms with van der Waals surface area (Å²) in [7, 11) is 0. The average molecular weight is 245 g/mol. The molecule has 0 bridgehead atoms. The van der Waals surface area contributed by atoms with Crippen LogP contribution in [0.3, 0.4) is 0 Å². The maximum Gasteiger partial charge on any atom is 0.323 e. The van der Waals surface area contributed by atoms with Gasteiger partial charge in [0.25, 0.3) is 5.91 Å². The minimum absolute atomic E-state index is 0.245. The lowest BCUT2D eigenvalue weighted by Crippen LogP contribution is -2.42. The summed E-state index contributed by atoms with van der Waals surface area (Å²) in [5.41, 5.74) is 0. The van der Waals surface area contributed by atoms with E-state index < -0.39 is 12.1 Å². The second-order valence-corrected chi connectivity index (χ2v) is 4.02. The molecule has 0 aromatic rings. The van der Waals surface area contributed by atoms with Crippen LogP contribution in [-0.4, -0.2) is 47.7 Å². The van der Waals surface area contributed by atoms with Gasteiger partial charge in [-0.25, -0.2) is 0 Å². The first-order valence-corrected chi connectivity index (χ1v) is 6.15. The quantitative estimate of drug-likeness (QED) is 0.625. The Morgan fingerprint density at radius 3 is 2.41 bits per heavy atom. The third-order valence-corrected chi connectivity index (χ3v) is 2.34. The molecule has 0 aliphatic rings. The predicted molar refractivity (Wildman–Crippen MR) is 64.8 cm³/mol. The predicted octanol–water partition coefficient (Wildman–Crippen LogP) is 1.51. The van der Waals surface area contributed by atoms with E-state index in [1.807, 2.05) is 13.8 Å². The van der Waals surface area contributed by atoms with Gasteiger partial charge in [0.2, 0.25) is 0 Å². The Bertz CT molecular complexity index is 243. The number of carboxylic acid groups (broad SMARTS) is 1. The van der Waals surface area contributed by atoms with E-state index in [-0.39, 0.29) is 12.5 Å². The zero-order valence-corrected chi connectivity index (χ0v) is 10.9. The van der Waals surface area contributed by atoms with Crippen molar-refractivity contribution in [1.82, 2.24) is 4.90 Å². The minimum atomic E-state index is -0.993. The van der Waals surface area contributed by atoms with Crippen molar-refractivity contribution < 1.29 is 19.4 Å². The summed E-state index contributed by atoms with van der Waals surface area (Å²) < 4.78 is 5.37. The Labute approximate surface area is 103 Å². The van der Waals surface area contributed by atoms with Gasteiger partial charge in [-0.15, -0.1) is 0 Å². The van der Waals surface area contributed by atoms with Gasteiger partial charge in [0.15, 0.2) is 0 Å². The third-order valence-electron chi connectivity index (χ3n) is 2.34. The smallest absolute Gasteiger partial charge is 0.323 e. The van der Waals surface area contributed by atoms with Crippen molar-refractivity contribution >= 4 is 11.9 Å². The molecule has 0 radical (unpaired) electrons. The summed E-state index contributed by atoms with van der Waals surface area (Å²) in [4.78, 5) is 23.9. The molecule has 100 valence electrons. The standard InChI is InChI=1S/C12H23NO4/c1-4-6-8-17-10(3)12(16)13(7-5-2)9-11(14)15/h10H,4-9H2,1-3H3,(H,14,15)/t10-/m1/s1. The molecule has 0 fully saturated rings. The van der Waals surface area contributed by atoms with Gasteiger partial charge in [0.05, 0.1) is 0 Å². The van der Waals surface area contributed by atoms with E-state index >= 15 is 0 Å². The summed E-state index contributed by atoms with van der Waals surface area (Å²) in [5, 5.41) is 8.72. The Morgan fingerprint density at radius 2 is 1.94 bits per heavy atom. The number of rotatable bonds is 9. The van der Waals surface area contributed by atoms with Crippen molar-refractivity contribution in [3.8, 4) is 0 Å². The van der Waals surface area contributed by atoms with Gasteiger partial charge in [-0.05, 0) is 19.8 Å². The summed E-state index contributed by atoms with van der Waals surface area (Å²) in [6.07, 6.45) is 2.09. The molecule has 1 N–H and O–H groups in total. The monoisotopic (exact) mass is 245 g/mol. The lowest BCUT2D eigenvalue weighted by atomic mass is 10.3. The topological polar surface area (TPSA) is 66.8 Å². The number of unbranched alkanes of at least 4 members (excludes halogenated alkanes) is 1. The molecule has 0 unspecified atom stereocenters. The highest BCUT2D eigenvalue weighted by Gasteiger charge is 2.22. The first kappa shape index (κ1) is 15.9. The number of hydrogen-bond acceptors (Lipinski definition) is 3. The number of aliphatic carboxylic acids is 1. The van der Waals surface area contributed by atoms with Gasteiger partial charge in [-0.3, -0.25) is 9.59 Å². The zero-order valence-electron chi connectivity index (χ0n) is 10.9. The van der Waals surface area contributed by atoms with Gasteiger partial charge in [-0.1, -0.05) is 20.3 Å². The second-order valence-electron chi connectivity index (χ2n) is 4.02. The normalized spacial score (nSPS) is 12.2.